The van der Waals surface area contributed by atoms with Gasteiger partial charge >= 0.3 is 0 Å². The molecule has 1 aromatic rings. The lowest BCUT2D eigenvalue weighted by atomic mass is 10.2. The molecule has 0 amide bonds. The highest BCUT2D eigenvalue weighted by Crippen LogP contribution is 2.10. The molecule has 1 atom stereocenters. The quantitative estimate of drug-likeness (QED) is 0.803. The molecule has 0 bridgehead atoms. The Balaban J connectivity index is 1.96. The van der Waals surface area contributed by atoms with E-state index in [2.05, 4.69) is 21.3 Å². The molecule has 1 saturated heterocycles. The van der Waals surface area contributed by atoms with E-state index in [-0.39, 0.29) is 0 Å². The van der Waals surface area contributed by atoms with Gasteiger partial charge in [-0.15, -0.1) is 0 Å². The summed E-state index contributed by atoms with van der Waals surface area (Å²) in [7, 11) is 1.98. The van der Waals surface area contributed by atoms with Gasteiger partial charge in [-0.1, -0.05) is 6.07 Å². The summed E-state index contributed by atoms with van der Waals surface area (Å²) in [6, 6.07) is 6.52. The highest BCUT2D eigenvalue weighted by molar-refractivity contribution is 5.03. The lowest BCUT2D eigenvalue weighted by Gasteiger charge is -2.35. The number of likely N-dealkylation sites (N-methyl/N-ethyl adjacent to an activating group) is 1. The fourth-order valence-corrected chi connectivity index (χ4v) is 2.02. The maximum atomic E-state index is 5.50. The Hall–Kier alpha value is -0.970. The maximum absolute atomic E-state index is 5.50. The first-order valence-electron chi connectivity index (χ1n) is 5.76. The fraction of sp³-hybridized carbons (Fsp3) is 0.583. The van der Waals surface area contributed by atoms with Crippen LogP contribution in [0.5, 0.6) is 0 Å². The second-order valence-electron chi connectivity index (χ2n) is 4.08. The predicted octanol–water partition coefficient (Wildman–Crippen LogP) is 0.502. The molecule has 2 heterocycles. The van der Waals surface area contributed by atoms with Crippen molar-refractivity contribution in [2.45, 2.75) is 12.6 Å². The first-order valence-corrected chi connectivity index (χ1v) is 5.76. The minimum Gasteiger partial charge on any atom is -0.378 e. The first-order chi connectivity index (χ1) is 7.90. The lowest BCUT2D eigenvalue weighted by Crippen LogP contribution is -2.49. The Morgan fingerprint density at radius 2 is 2.50 bits per heavy atom. The van der Waals surface area contributed by atoms with Gasteiger partial charge in [0, 0.05) is 31.9 Å². The van der Waals surface area contributed by atoms with Crippen molar-refractivity contribution in [2.24, 2.45) is 0 Å². The van der Waals surface area contributed by atoms with E-state index in [0.717, 1.165) is 38.5 Å². The number of morpholine rings is 1. The van der Waals surface area contributed by atoms with E-state index in [0.29, 0.717) is 6.04 Å². The van der Waals surface area contributed by atoms with Crippen molar-refractivity contribution >= 4 is 0 Å². The van der Waals surface area contributed by atoms with Crippen LogP contribution in [0, 0.1) is 0 Å². The molecular weight excluding hydrogens is 202 g/mol. The predicted molar refractivity (Wildman–Crippen MR) is 63.2 cm³/mol. The molecule has 1 N–H and O–H groups in total. The Morgan fingerprint density at radius 3 is 3.25 bits per heavy atom. The highest BCUT2D eigenvalue weighted by Gasteiger charge is 2.22. The molecule has 88 valence electrons. The van der Waals surface area contributed by atoms with Gasteiger partial charge in [0.25, 0.3) is 0 Å². The molecule has 1 aromatic heterocycles. The van der Waals surface area contributed by atoms with Crippen molar-refractivity contribution in [2.75, 3.05) is 33.4 Å². The van der Waals surface area contributed by atoms with Crippen molar-refractivity contribution in [3.63, 3.8) is 0 Å². The lowest BCUT2D eigenvalue weighted by molar-refractivity contribution is -0.0108. The standard InChI is InChI=1S/C12H19N3O/c1-13-8-12-10-16-7-6-15(12)9-11-4-2-3-5-14-11/h2-5,12-13H,6-10H2,1H3. The van der Waals surface area contributed by atoms with E-state index in [1.165, 1.54) is 0 Å². The van der Waals surface area contributed by atoms with Gasteiger partial charge in [0.2, 0.25) is 0 Å². The van der Waals surface area contributed by atoms with Gasteiger partial charge in [-0.2, -0.15) is 0 Å². The zero-order chi connectivity index (χ0) is 11.2. The van der Waals surface area contributed by atoms with Crippen molar-refractivity contribution in [3.05, 3.63) is 30.1 Å². The van der Waals surface area contributed by atoms with Crippen LogP contribution in [0.1, 0.15) is 5.69 Å². The summed E-state index contributed by atoms with van der Waals surface area (Å²) < 4.78 is 5.50. The van der Waals surface area contributed by atoms with Crippen molar-refractivity contribution in [1.82, 2.24) is 15.2 Å². The van der Waals surface area contributed by atoms with Crippen LogP contribution < -0.4 is 5.32 Å². The molecule has 0 radical (unpaired) electrons. The molecule has 2 rings (SSSR count). The van der Waals surface area contributed by atoms with Gasteiger partial charge in [-0.25, -0.2) is 0 Å². The first kappa shape index (κ1) is 11.5. The van der Waals surface area contributed by atoms with Gasteiger partial charge in [0.15, 0.2) is 0 Å². The summed E-state index contributed by atoms with van der Waals surface area (Å²) in [5.74, 6) is 0. The van der Waals surface area contributed by atoms with Crippen molar-refractivity contribution < 1.29 is 4.74 Å². The number of pyridine rings is 1. The number of nitrogens with one attached hydrogen (secondary N) is 1. The summed E-state index contributed by atoms with van der Waals surface area (Å²) in [6.45, 7) is 4.51. The van der Waals surface area contributed by atoms with E-state index in [1.807, 2.05) is 25.4 Å². The minimum atomic E-state index is 0.459. The number of nitrogens with zero attached hydrogens (tertiary/aromatic N) is 2. The summed E-state index contributed by atoms with van der Waals surface area (Å²) >= 11 is 0. The van der Waals surface area contributed by atoms with Gasteiger partial charge in [-0.05, 0) is 19.2 Å². The topological polar surface area (TPSA) is 37.4 Å². The van der Waals surface area contributed by atoms with E-state index < -0.39 is 0 Å². The minimum absolute atomic E-state index is 0.459. The number of ether oxygens (including phenoxy) is 1. The SMILES string of the molecule is CNCC1COCCN1Cc1ccccn1. The molecule has 1 aliphatic heterocycles. The van der Waals surface area contributed by atoms with Crippen LogP contribution in [0.15, 0.2) is 24.4 Å². The number of aromatic nitrogens is 1. The monoisotopic (exact) mass is 221 g/mol. The molecule has 0 aliphatic carbocycles. The van der Waals surface area contributed by atoms with Gasteiger partial charge in [-0.3, -0.25) is 9.88 Å². The molecule has 4 nitrogen and oxygen atoms in total. The van der Waals surface area contributed by atoms with E-state index in [9.17, 15) is 0 Å². The average Bonchev–Trinajstić information content (AvgIpc) is 2.33. The smallest absolute Gasteiger partial charge is 0.0635 e. The zero-order valence-corrected chi connectivity index (χ0v) is 9.72. The van der Waals surface area contributed by atoms with Crippen molar-refractivity contribution in [1.29, 1.82) is 0 Å². The van der Waals surface area contributed by atoms with Crippen LogP contribution in [0.25, 0.3) is 0 Å². The van der Waals surface area contributed by atoms with Crippen LogP contribution >= 0.6 is 0 Å². The van der Waals surface area contributed by atoms with Crippen LogP contribution in [0.4, 0.5) is 0 Å². The second-order valence-corrected chi connectivity index (χ2v) is 4.08. The molecule has 0 spiro atoms. The van der Waals surface area contributed by atoms with Gasteiger partial charge in [0.1, 0.15) is 0 Å². The Labute approximate surface area is 96.6 Å². The largest absolute Gasteiger partial charge is 0.378 e. The zero-order valence-electron chi connectivity index (χ0n) is 9.72. The molecule has 1 fully saturated rings. The number of hydrogen-bond donors (Lipinski definition) is 1. The third-order valence-electron chi connectivity index (χ3n) is 2.88. The second kappa shape index (κ2) is 5.94. The van der Waals surface area contributed by atoms with Crippen LogP contribution in [-0.2, 0) is 11.3 Å². The average molecular weight is 221 g/mol. The summed E-state index contributed by atoms with van der Waals surface area (Å²) in [6.07, 6.45) is 1.85. The molecule has 16 heavy (non-hydrogen) atoms. The van der Waals surface area contributed by atoms with Gasteiger partial charge < -0.3 is 10.1 Å². The highest BCUT2D eigenvalue weighted by atomic mass is 16.5. The van der Waals surface area contributed by atoms with Crippen molar-refractivity contribution in [3.8, 4) is 0 Å². The summed E-state index contributed by atoms with van der Waals surface area (Å²) in [4.78, 5) is 6.80. The van der Waals surface area contributed by atoms with E-state index in [1.54, 1.807) is 0 Å². The maximum Gasteiger partial charge on any atom is 0.0635 e. The fourth-order valence-electron chi connectivity index (χ4n) is 2.02. The van der Waals surface area contributed by atoms with Crippen LogP contribution in [-0.4, -0.2) is 49.3 Å². The molecule has 1 aliphatic rings. The molecule has 1 unspecified atom stereocenters. The third kappa shape index (κ3) is 3.01. The van der Waals surface area contributed by atoms with E-state index >= 15 is 0 Å². The molecule has 0 aromatic carbocycles. The summed E-state index contributed by atoms with van der Waals surface area (Å²) in [5.41, 5.74) is 1.13. The summed E-state index contributed by atoms with van der Waals surface area (Å²) in [5, 5.41) is 3.21. The molecule has 4 heteroatoms. The number of rotatable bonds is 4. The Bertz CT molecular complexity index is 302. The third-order valence-corrected chi connectivity index (χ3v) is 2.88. The van der Waals surface area contributed by atoms with Crippen LogP contribution in [0.3, 0.4) is 0 Å². The molecule has 0 saturated carbocycles. The Kier molecular flexibility index (Phi) is 4.27. The number of hydrogen-bond acceptors (Lipinski definition) is 4. The Morgan fingerprint density at radius 1 is 1.56 bits per heavy atom. The van der Waals surface area contributed by atoms with Crippen LogP contribution in [0.2, 0.25) is 0 Å². The normalized spacial score (nSPS) is 22.2. The van der Waals surface area contributed by atoms with Gasteiger partial charge in [0.05, 0.1) is 18.9 Å². The van der Waals surface area contributed by atoms with E-state index in [4.69, 9.17) is 4.74 Å². The molecular formula is C12H19N3O.